The van der Waals surface area contributed by atoms with Crippen molar-refractivity contribution in [3.63, 3.8) is 0 Å². The van der Waals surface area contributed by atoms with E-state index in [1.165, 1.54) is 11.8 Å². The molecule has 0 bridgehead atoms. The molecule has 0 aliphatic heterocycles. The molecule has 0 spiro atoms. The van der Waals surface area contributed by atoms with Gasteiger partial charge >= 0.3 is 5.97 Å². The second kappa shape index (κ2) is 6.94. The molecule has 0 heterocycles. The summed E-state index contributed by atoms with van der Waals surface area (Å²) in [5.41, 5.74) is -0.0146. The first-order valence-electron chi connectivity index (χ1n) is 5.67. The Balaban J connectivity index is 4.59. The number of nitrogens with zero attached hydrogens (tertiary/aromatic N) is 1. The van der Waals surface area contributed by atoms with E-state index >= 15 is 0 Å². The van der Waals surface area contributed by atoms with Gasteiger partial charge < -0.3 is 4.74 Å². The maximum absolute atomic E-state index is 11.7. The molecule has 16 heavy (non-hydrogen) atoms. The third kappa shape index (κ3) is 5.01. The molecule has 0 amide bonds. The summed E-state index contributed by atoms with van der Waals surface area (Å²) in [7, 11) is 1.77. The van der Waals surface area contributed by atoms with Crippen LogP contribution in [0.2, 0.25) is 0 Å². The number of esters is 1. The number of hydrogen-bond acceptors (Lipinski definition) is 4. The molecule has 3 nitrogen and oxygen atoms in total. The molecule has 0 aromatic heterocycles. The van der Waals surface area contributed by atoms with Crippen molar-refractivity contribution in [2.45, 2.75) is 46.3 Å². The highest BCUT2D eigenvalue weighted by Gasteiger charge is 2.26. The molecule has 0 aromatic rings. The molecule has 1 unspecified atom stereocenters. The van der Waals surface area contributed by atoms with Crippen molar-refractivity contribution in [2.24, 2.45) is 10.4 Å². The van der Waals surface area contributed by atoms with Crippen molar-refractivity contribution in [2.75, 3.05) is 13.7 Å². The van der Waals surface area contributed by atoms with Crippen LogP contribution in [-0.2, 0) is 9.53 Å². The predicted octanol–water partition coefficient (Wildman–Crippen LogP) is 3.14. The SMILES string of the molecule is CCOC(=O)C(CC)SC(=NC)C(C)(C)C. The molecule has 0 fully saturated rings. The first-order valence-corrected chi connectivity index (χ1v) is 6.55. The number of aliphatic imine (C=N–C) groups is 1. The zero-order valence-electron chi connectivity index (χ0n) is 11.2. The molecule has 0 aromatic carbocycles. The Kier molecular flexibility index (Phi) is 6.72. The van der Waals surface area contributed by atoms with Crippen molar-refractivity contribution in [1.29, 1.82) is 0 Å². The summed E-state index contributed by atoms with van der Waals surface area (Å²) in [5, 5.41) is 0.852. The highest BCUT2D eigenvalue weighted by molar-refractivity contribution is 8.15. The van der Waals surface area contributed by atoms with Crippen molar-refractivity contribution < 1.29 is 9.53 Å². The number of carbonyl (C=O) groups is 1. The number of rotatable bonds is 4. The summed E-state index contributed by atoms with van der Waals surface area (Å²) in [6.45, 7) is 10.5. The van der Waals surface area contributed by atoms with Crippen LogP contribution >= 0.6 is 11.8 Å². The Morgan fingerprint density at radius 2 is 1.94 bits per heavy atom. The standard InChI is InChI=1S/C12H23NO2S/c1-7-9(10(14)15-8-2)16-11(13-6)12(3,4)5/h9H,7-8H2,1-6H3. The van der Waals surface area contributed by atoms with Gasteiger partial charge in [0, 0.05) is 12.5 Å². The minimum Gasteiger partial charge on any atom is -0.465 e. The fourth-order valence-electron chi connectivity index (χ4n) is 1.23. The molecular weight excluding hydrogens is 222 g/mol. The van der Waals surface area contributed by atoms with Gasteiger partial charge in [0.2, 0.25) is 0 Å². The fraction of sp³-hybridized carbons (Fsp3) is 0.833. The molecule has 94 valence electrons. The van der Waals surface area contributed by atoms with Crippen molar-refractivity contribution >= 4 is 22.8 Å². The summed E-state index contributed by atoms with van der Waals surface area (Å²) in [6, 6.07) is 0. The summed E-state index contributed by atoms with van der Waals surface area (Å²) in [5.74, 6) is -0.139. The van der Waals surface area contributed by atoms with E-state index in [1.807, 2.05) is 13.8 Å². The van der Waals surface area contributed by atoms with Gasteiger partial charge in [0.25, 0.3) is 0 Å². The van der Waals surface area contributed by atoms with Gasteiger partial charge in [-0.1, -0.05) is 39.5 Å². The minimum atomic E-state index is -0.141. The largest absolute Gasteiger partial charge is 0.465 e. The van der Waals surface area contributed by atoms with Gasteiger partial charge in [0.1, 0.15) is 5.25 Å². The van der Waals surface area contributed by atoms with Crippen molar-refractivity contribution in [3.8, 4) is 0 Å². The summed E-state index contributed by atoms with van der Waals surface area (Å²) in [6.07, 6.45) is 0.763. The zero-order chi connectivity index (χ0) is 12.8. The van der Waals surface area contributed by atoms with E-state index in [1.54, 1.807) is 7.05 Å². The predicted molar refractivity (Wildman–Crippen MR) is 71.1 cm³/mol. The zero-order valence-corrected chi connectivity index (χ0v) is 12.0. The third-order valence-corrected chi connectivity index (χ3v) is 3.85. The van der Waals surface area contributed by atoms with Crippen LogP contribution in [0.5, 0.6) is 0 Å². The Morgan fingerprint density at radius 1 is 1.38 bits per heavy atom. The molecule has 0 radical (unpaired) electrons. The summed E-state index contributed by atoms with van der Waals surface area (Å²) in [4.78, 5) is 15.9. The van der Waals surface area contributed by atoms with E-state index < -0.39 is 0 Å². The van der Waals surface area contributed by atoms with Crippen LogP contribution in [0.1, 0.15) is 41.0 Å². The quantitative estimate of drug-likeness (QED) is 0.434. The summed E-state index contributed by atoms with van der Waals surface area (Å²) >= 11 is 1.52. The number of thioether (sulfide) groups is 1. The van der Waals surface area contributed by atoms with Gasteiger partial charge in [-0.25, -0.2) is 0 Å². The van der Waals surface area contributed by atoms with Crippen LogP contribution in [0.25, 0.3) is 0 Å². The van der Waals surface area contributed by atoms with E-state index in [0.717, 1.165) is 11.5 Å². The van der Waals surface area contributed by atoms with Crippen LogP contribution in [-0.4, -0.2) is 29.9 Å². The lowest BCUT2D eigenvalue weighted by atomic mass is 9.99. The van der Waals surface area contributed by atoms with Crippen molar-refractivity contribution in [3.05, 3.63) is 0 Å². The lowest BCUT2D eigenvalue weighted by Gasteiger charge is -2.23. The fourth-order valence-corrected chi connectivity index (χ4v) is 2.29. The molecule has 0 aliphatic rings. The van der Waals surface area contributed by atoms with Gasteiger partial charge in [-0.05, 0) is 13.3 Å². The first kappa shape index (κ1) is 15.5. The molecule has 0 aliphatic carbocycles. The van der Waals surface area contributed by atoms with Gasteiger partial charge in [-0.3, -0.25) is 9.79 Å². The van der Waals surface area contributed by atoms with Gasteiger partial charge in [-0.2, -0.15) is 0 Å². The van der Waals surface area contributed by atoms with E-state index in [0.29, 0.717) is 6.61 Å². The van der Waals surface area contributed by atoms with E-state index in [9.17, 15) is 4.79 Å². The average Bonchev–Trinajstić information content (AvgIpc) is 2.17. The van der Waals surface area contributed by atoms with Gasteiger partial charge in [0.05, 0.1) is 11.7 Å². The molecule has 0 rings (SSSR count). The Labute approximate surface area is 103 Å². The normalized spacial score (nSPS) is 14.8. The average molecular weight is 245 g/mol. The lowest BCUT2D eigenvalue weighted by Crippen LogP contribution is -2.26. The molecular formula is C12H23NO2S. The highest BCUT2D eigenvalue weighted by Crippen LogP contribution is 2.29. The Morgan fingerprint density at radius 3 is 2.25 bits per heavy atom. The topological polar surface area (TPSA) is 38.7 Å². The maximum Gasteiger partial charge on any atom is 0.319 e. The van der Waals surface area contributed by atoms with Crippen LogP contribution in [0, 0.1) is 5.41 Å². The summed E-state index contributed by atoms with van der Waals surface area (Å²) < 4.78 is 5.04. The monoisotopic (exact) mass is 245 g/mol. The lowest BCUT2D eigenvalue weighted by molar-refractivity contribution is -0.142. The second-order valence-corrected chi connectivity index (χ2v) is 5.74. The van der Waals surface area contributed by atoms with E-state index in [2.05, 4.69) is 25.8 Å². The molecule has 1 atom stereocenters. The molecule has 0 N–H and O–H groups in total. The van der Waals surface area contributed by atoms with Crippen LogP contribution in [0.15, 0.2) is 4.99 Å². The Hall–Kier alpha value is -0.510. The van der Waals surface area contributed by atoms with Gasteiger partial charge in [0.15, 0.2) is 0 Å². The third-order valence-electron chi connectivity index (χ3n) is 2.02. The van der Waals surface area contributed by atoms with E-state index in [-0.39, 0.29) is 16.6 Å². The molecule has 0 saturated carbocycles. The first-order chi connectivity index (χ1) is 7.36. The maximum atomic E-state index is 11.7. The molecule has 0 saturated heterocycles. The number of ether oxygens (including phenoxy) is 1. The van der Waals surface area contributed by atoms with Gasteiger partial charge in [-0.15, -0.1) is 0 Å². The smallest absolute Gasteiger partial charge is 0.319 e. The number of carbonyl (C=O) groups excluding carboxylic acids is 1. The minimum absolute atomic E-state index is 0.0146. The van der Waals surface area contributed by atoms with Crippen molar-refractivity contribution in [1.82, 2.24) is 0 Å². The highest BCUT2D eigenvalue weighted by atomic mass is 32.2. The number of hydrogen-bond donors (Lipinski definition) is 0. The van der Waals surface area contributed by atoms with Crippen LogP contribution < -0.4 is 0 Å². The second-order valence-electron chi connectivity index (χ2n) is 4.55. The van der Waals surface area contributed by atoms with Crippen LogP contribution in [0.4, 0.5) is 0 Å². The Bertz CT molecular complexity index is 256. The van der Waals surface area contributed by atoms with Crippen LogP contribution in [0.3, 0.4) is 0 Å². The van der Waals surface area contributed by atoms with E-state index in [4.69, 9.17) is 4.74 Å². The molecule has 4 heteroatoms.